The van der Waals surface area contributed by atoms with E-state index in [1.54, 1.807) is 0 Å². The van der Waals surface area contributed by atoms with Crippen LogP contribution in [0, 0.1) is 0 Å². The van der Waals surface area contributed by atoms with Gasteiger partial charge in [-0.25, -0.2) is 9.97 Å². The molecule has 0 unspecified atom stereocenters. The smallest absolute Gasteiger partial charge is 0.230 e. The highest BCUT2D eigenvalue weighted by atomic mass is 16.2. The molecule has 2 aromatic carbocycles. The number of para-hydroxylation sites is 1. The van der Waals surface area contributed by atoms with Gasteiger partial charge in [-0.3, -0.25) is 9.69 Å². The number of hydrogen-bond donors (Lipinski definition) is 2. The van der Waals surface area contributed by atoms with Gasteiger partial charge in [0.25, 0.3) is 0 Å². The first-order chi connectivity index (χ1) is 16.7. The predicted molar refractivity (Wildman–Crippen MR) is 138 cm³/mol. The zero-order chi connectivity index (χ0) is 23.8. The minimum atomic E-state index is -0.0619. The van der Waals surface area contributed by atoms with Gasteiger partial charge in [0.1, 0.15) is 11.6 Å². The molecule has 1 saturated heterocycles. The van der Waals surface area contributed by atoms with E-state index in [4.69, 9.17) is 9.97 Å². The van der Waals surface area contributed by atoms with Crippen molar-refractivity contribution in [3.05, 3.63) is 66.0 Å². The molecule has 0 saturated carbocycles. The number of nitrogens with zero attached hydrogens (tertiary/aromatic N) is 4. The Kier molecular flexibility index (Phi) is 8.44. The average molecular weight is 461 g/mol. The van der Waals surface area contributed by atoms with Crippen molar-refractivity contribution in [2.24, 2.45) is 0 Å². The molecule has 7 heteroatoms. The number of hydrogen-bond acceptors (Lipinski definition) is 6. The van der Waals surface area contributed by atoms with Gasteiger partial charge in [0, 0.05) is 38.1 Å². The zero-order valence-corrected chi connectivity index (χ0v) is 20.3. The van der Waals surface area contributed by atoms with E-state index in [9.17, 15) is 4.79 Å². The summed E-state index contributed by atoms with van der Waals surface area (Å²) in [6, 6.07) is 18.3. The van der Waals surface area contributed by atoms with Crippen molar-refractivity contribution < 1.29 is 4.79 Å². The summed E-state index contributed by atoms with van der Waals surface area (Å²) in [7, 11) is 1.97. The van der Waals surface area contributed by atoms with Crippen molar-refractivity contribution in [1.29, 1.82) is 0 Å². The molecule has 0 bridgehead atoms. The quantitative estimate of drug-likeness (QED) is 0.451. The number of carbonyl (C=O) groups is 1. The number of nitrogens with one attached hydrogen (secondary N) is 2. The molecule has 4 rings (SSSR count). The van der Waals surface area contributed by atoms with Gasteiger partial charge in [0.15, 0.2) is 0 Å². The van der Waals surface area contributed by atoms with Crippen LogP contribution >= 0.6 is 0 Å². The van der Waals surface area contributed by atoms with E-state index in [2.05, 4.69) is 40.7 Å². The third kappa shape index (κ3) is 5.90. The minimum absolute atomic E-state index is 0.0619. The van der Waals surface area contributed by atoms with Crippen LogP contribution in [-0.4, -0.2) is 72.0 Å². The molecule has 1 atom stereocenters. The second kappa shape index (κ2) is 11.9. The summed E-state index contributed by atoms with van der Waals surface area (Å²) in [6.07, 6.45) is 1.85. The fraction of sp³-hybridized carbons (Fsp3) is 0.444. The Hall–Kier alpha value is -3.03. The van der Waals surface area contributed by atoms with Gasteiger partial charge >= 0.3 is 0 Å². The van der Waals surface area contributed by atoms with Crippen molar-refractivity contribution >= 4 is 22.6 Å². The molecule has 180 valence electrons. The number of aromatic nitrogens is 2. The fourth-order valence-corrected chi connectivity index (χ4v) is 4.59. The SMILES string of the molecule is CC[C@@H](C(=O)N1CCN(Cc2nc(NCCCNC)c3ccccc3n2)CC1)c1ccccc1. The largest absolute Gasteiger partial charge is 0.369 e. The van der Waals surface area contributed by atoms with E-state index < -0.39 is 0 Å². The number of fused-ring (bicyclic) bond motifs is 1. The summed E-state index contributed by atoms with van der Waals surface area (Å²) in [5.74, 6) is 1.90. The van der Waals surface area contributed by atoms with Gasteiger partial charge in [0.05, 0.1) is 18.0 Å². The predicted octanol–water partition coefficient (Wildman–Crippen LogP) is 3.49. The maximum atomic E-state index is 13.2. The van der Waals surface area contributed by atoms with E-state index in [0.717, 1.165) is 80.2 Å². The van der Waals surface area contributed by atoms with Crippen molar-refractivity contribution in [2.75, 3.05) is 51.6 Å². The average Bonchev–Trinajstić information content (AvgIpc) is 2.88. The molecule has 1 fully saturated rings. The number of benzene rings is 2. The number of carbonyl (C=O) groups excluding carboxylic acids is 1. The van der Waals surface area contributed by atoms with E-state index in [-0.39, 0.29) is 11.8 Å². The molecule has 1 amide bonds. The van der Waals surface area contributed by atoms with Gasteiger partial charge < -0.3 is 15.5 Å². The van der Waals surface area contributed by atoms with Gasteiger partial charge in [-0.2, -0.15) is 0 Å². The Morgan fingerprint density at radius 3 is 2.44 bits per heavy atom. The highest BCUT2D eigenvalue weighted by Crippen LogP contribution is 2.24. The lowest BCUT2D eigenvalue weighted by Crippen LogP contribution is -2.49. The number of amides is 1. The van der Waals surface area contributed by atoms with Crippen LogP contribution in [0.2, 0.25) is 0 Å². The molecule has 0 radical (unpaired) electrons. The Balaban J connectivity index is 1.39. The zero-order valence-electron chi connectivity index (χ0n) is 20.3. The molecule has 1 aliphatic heterocycles. The van der Waals surface area contributed by atoms with E-state index in [1.807, 2.05) is 48.3 Å². The Morgan fingerprint density at radius 1 is 0.971 bits per heavy atom. The van der Waals surface area contributed by atoms with Crippen LogP contribution < -0.4 is 10.6 Å². The maximum absolute atomic E-state index is 13.2. The molecular formula is C27H36N6O. The molecule has 34 heavy (non-hydrogen) atoms. The topological polar surface area (TPSA) is 73.4 Å². The van der Waals surface area contributed by atoms with Crippen molar-refractivity contribution in [1.82, 2.24) is 25.1 Å². The lowest BCUT2D eigenvalue weighted by Gasteiger charge is -2.36. The first-order valence-corrected chi connectivity index (χ1v) is 12.4. The van der Waals surface area contributed by atoms with E-state index >= 15 is 0 Å². The van der Waals surface area contributed by atoms with Gasteiger partial charge in [-0.15, -0.1) is 0 Å². The van der Waals surface area contributed by atoms with Gasteiger partial charge in [0.2, 0.25) is 5.91 Å². The summed E-state index contributed by atoms with van der Waals surface area (Å²) in [5, 5.41) is 7.73. The van der Waals surface area contributed by atoms with Crippen LogP contribution in [0.3, 0.4) is 0 Å². The number of anilines is 1. The molecule has 3 aromatic rings. The lowest BCUT2D eigenvalue weighted by molar-refractivity contribution is -0.134. The molecule has 0 spiro atoms. The van der Waals surface area contributed by atoms with Crippen LogP contribution in [0.25, 0.3) is 10.9 Å². The van der Waals surface area contributed by atoms with Crippen LogP contribution in [0.1, 0.15) is 37.1 Å². The monoisotopic (exact) mass is 460 g/mol. The molecule has 0 aliphatic carbocycles. The lowest BCUT2D eigenvalue weighted by atomic mass is 9.95. The standard InChI is InChI=1S/C27H36N6O/c1-3-22(21-10-5-4-6-11-21)27(34)33-18-16-32(17-19-33)20-25-30-24-13-8-7-12-23(24)26(31-25)29-15-9-14-28-2/h4-8,10-13,22,28H,3,9,14-20H2,1-2H3,(H,29,30,31)/t22-/m1/s1. The van der Waals surface area contributed by atoms with Crippen LogP contribution in [0.5, 0.6) is 0 Å². The summed E-state index contributed by atoms with van der Waals surface area (Å²) >= 11 is 0. The number of piperazine rings is 1. The molecule has 2 N–H and O–H groups in total. The van der Waals surface area contributed by atoms with Crippen LogP contribution in [0.15, 0.2) is 54.6 Å². The third-order valence-corrected chi connectivity index (χ3v) is 6.50. The molecule has 2 heterocycles. The summed E-state index contributed by atoms with van der Waals surface area (Å²) in [6.45, 7) is 7.75. The van der Waals surface area contributed by atoms with Crippen molar-refractivity contribution in [3.8, 4) is 0 Å². The molecule has 7 nitrogen and oxygen atoms in total. The molecule has 1 aromatic heterocycles. The minimum Gasteiger partial charge on any atom is -0.369 e. The van der Waals surface area contributed by atoms with Crippen molar-refractivity contribution in [3.63, 3.8) is 0 Å². The van der Waals surface area contributed by atoms with E-state index in [0.29, 0.717) is 6.54 Å². The van der Waals surface area contributed by atoms with Crippen LogP contribution in [0.4, 0.5) is 5.82 Å². The fourth-order valence-electron chi connectivity index (χ4n) is 4.59. The first-order valence-electron chi connectivity index (χ1n) is 12.4. The second-order valence-corrected chi connectivity index (χ2v) is 8.86. The van der Waals surface area contributed by atoms with Gasteiger partial charge in [-0.1, -0.05) is 49.4 Å². The van der Waals surface area contributed by atoms with Gasteiger partial charge in [-0.05, 0) is 44.1 Å². The van der Waals surface area contributed by atoms with Crippen LogP contribution in [-0.2, 0) is 11.3 Å². The third-order valence-electron chi connectivity index (χ3n) is 6.50. The summed E-state index contributed by atoms with van der Waals surface area (Å²) in [5.41, 5.74) is 2.07. The Labute approximate surface area is 202 Å². The Bertz CT molecular complexity index is 1070. The molecule has 1 aliphatic rings. The normalized spacial score (nSPS) is 15.4. The molecular weight excluding hydrogens is 424 g/mol. The number of rotatable bonds is 10. The second-order valence-electron chi connectivity index (χ2n) is 8.86. The summed E-state index contributed by atoms with van der Waals surface area (Å²) in [4.78, 5) is 27.3. The maximum Gasteiger partial charge on any atom is 0.230 e. The Morgan fingerprint density at radius 2 is 1.71 bits per heavy atom. The van der Waals surface area contributed by atoms with E-state index in [1.165, 1.54) is 0 Å². The summed E-state index contributed by atoms with van der Waals surface area (Å²) < 4.78 is 0. The highest BCUT2D eigenvalue weighted by molar-refractivity contribution is 5.89. The first kappa shape index (κ1) is 24.1. The highest BCUT2D eigenvalue weighted by Gasteiger charge is 2.27. The van der Waals surface area contributed by atoms with Crippen molar-refractivity contribution in [2.45, 2.75) is 32.2 Å².